The van der Waals surface area contributed by atoms with E-state index in [1.807, 2.05) is 19.1 Å². The van der Waals surface area contributed by atoms with Crippen molar-refractivity contribution in [2.45, 2.75) is 25.8 Å². The molecule has 1 fully saturated rings. The fraction of sp³-hybridized carbons (Fsp3) is 0.467. The Hall–Kier alpha value is -2.24. The van der Waals surface area contributed by atoms with Gasteiger partial charge in [0.25, 0.3) is 0 Å². The van der Waals surface area contributed by atoms with E-state index < -0.39 is 5.97 Å². The Morgan fingerprint density at radius 1 is 1.38 bits per heavy atom. The van der Waals surface area contributed by atoms with Crippen LogP contribution in [-0.4, -0.2) is 41.7 Å². The summed E-state index contributed by atoms with van der Waals surface area (Å²) in [5, 5.41) is 11.9. The highest BCUT2D eigenvalue weighted by atomic mass is 16.5. The van der Waals surface area contributed by atoms with Crippen LogP contribution in [0, 0.1) is 5.92 Å². The predicted molar refractivity (Wildman–Crippen MR) is 78.5 cm³/mol. The van der Waals surface area contributed by atoms with E-state index in [9.17, 15) is 9.59 Å². The van der Waals surface area contributed by atoms with Crippen molar-refractivity contribution in [1.82, 2.24) is 4.90 Å². The fourth-order valence-electron chi connectivity index (χ4n) is 2.63. The van der Waals surface area contributed by atoms with Gasteiger partial charge in [0.2, 0.25) is 0 Å². The number of benzene rings is 1. The first kappa shape index (κ1) is 15.2. The van der Waals surface area contributed by atoms with Crippen LogP contribution in [0.5, 0.6) is 5.75 Å². The van der Waals surface area contributed by atoms with Gasteiger partial charge in [0.15, 0.2) is 0 Å². The van der Waals surface area contributed by atoms with Crippen LogP contribution in [0.2, 0.25) is 0 Å². The Labute approximate surface area is 123 Å². The molecule has 1 aromatic carbocycles. The molecule has 6 heteroatoms. The number of urea groups is 1. The third-order valence-corrected chi connectivity index (χ3v) is 3.83. The molecule has 2 amide bonds. The molecule has 2 atom stereocenters. The highest BCUT2D eigenvalue weighted by Crippen LogP contribution is 2.26. The first-order valence-corrected chi connectivity index (χ1v) is 6.96. The highest BCUT2D eigenvalue weighted by Gasteiger charge is 2.32. The Kier molecular flexibility index (Phi) is 4.67. The van der Waals surface area contributed by atoms with Gasteiger partial charge in [-0.3, -0.25) is 4.79 Å². The second-order valence-electron chi connectivity index (χ2n) is 5.23. The summed E-state index contributed by atoms with van der Waals surface area (Å²) in [5.74, 6) is -0.555. The summed E-state index contributed by atoms with van der Waals surface area (Å²) in [6.45, 7) is 2.32. The number of carboxylic acid groups (broad SMARTS) is 1. The van der Waals surface area contributed by atoms with Gasteiger partial charge < -0.3 is 20.1 Å². The number of ether oxygens (including phenoxy) is 1. The number of carboxylic acids is 1. The molecule has 2 rings (SSSR count). The molecule has 1 aromatic rings. The minimum Gasteiger partial charge on any atom is -0.495 e. The number of hydrogen-bond donors (Lipinski definition) is 2. The number of aliphatic carboxylic acids is 1. The molecular formula is C15H20N2O4. The van der Waals surface area contributed by atoms with E-state index in [0.717, 1.165) is 0 Å². The van der Waals surface area contributed by atoms with E-state index in [2.05, 4.69) is 5.32 Å². The minimum atomic E-state index is -0.786. The van der Waals surface area contributed by atoms with Crippen LogP contribution in [0.4, 0.5) is 10.5 Å². The summed E-state index contributed by atoms with van der Waals surface area (Å²) in [5.41, 5.74) is 0.609. The number of amides is 2. The van der Waals surface area contributed by atoms with E-state index in [0.29, 0.717) is 30.8 Å². The van der Waals surface area contributed by atoms with Crippen molar-refractivity contribution in [3.63, 3.8) is 0 Å². The number of rotatable bonds is 3. The minimum absolute atomic E-state index is 0.102. The van der Waals surface area contributed by atoms with Crippen LogP contribution < -0.4 is 10.1 Å². The average Bonchev–Trinajstić information content (AvgIpc) is 2.47. The zero-order valence-electron chi connectivity index (χ0n) is 12.2. The molecule has 0 radical (unpaired) electrons. The number of likely N-dealkylation sites (tertiary alicyclic amines) is 1. The Morgan fingerprint density at radius 2 is 2.10 bits per heavy atom. The van der Waals surface area contributed by atoms with Gasteiger partial charge in [0.1, 0.15) is 5.75 Å². The lowest BCUT2D eigenvalue weighted by molar-refractivity contribution is -0.143. The van der Waals surface area contributed by atoms with E-state index in [1.165, 1.54) is 0 Å². The molecule has 2 unspecified atom stereocenters. The van der Waals surface area contributed by atoms with Gasteiger partial charge in [0, 0.05) is 12.6 Å². The number of nitrogens with one attached hydrogen (secondary N) is 1. The molecule has 2 N–H and O–H groups in total. The first-order chi connectivity index (χ1) is 10.0. The molecule has 0 saturated carbocycles. The third-order valence-electron chi connectivity index (χ3n) is 3.83. The monoisotopic (exact) mass is 292 g/mol. The molecule has 0 aliphatic carbocycles. The summed E-state index contributed by atoms with van der Waals surface area (Å²) in [7, 11) is 1.55. The quantitative estimate of drug-likeness (QED) is 0.896. The molecule has 0 spiro atoms. The van der Waals surface area contributed by atoms with Crippen LogP contribution in [-0.2, 0) is 4.79 Å². The van der Waals surface area contributed by atoms with Gasteiger partial charge in [-0.1, -0.05) is 12.1 Å². The number of hydrogen-bond acceptors (Lipinski definition) is 3. The van der Waals surface area contributed by atoms with Gasteiger partial charge in [0.05, 0.1) is 18.7 Å². The normalized spacial score (nSPS) is 21.7. The largest absolute Gasteiger partial charge is 0.495 e. The zero-order valence-corrected chi connectivity index (χ0v) is 12.2. The number of methoxy groups -OCH3 is 1. The average molecular weight is 292 g/mol. The van der Waals surface area contributed by atoms with Crippen LogP contribution in [0.15, 0.2) is 24.3 Å². The second-order valence-corrected chi connectivity index (χ2v) is 5.23. The maximum Gasteiger partial charge on any atom is 0.322 e. The molecule has 6 nitrogen and oxygen atoms in total. The van der Waals surface area contributed by atoms with Gasteiger partial charge >= 0.3 is 12.0 Å². The van der Waals surface area contributed by atoms with E-state index in [-0.39, 0.29) is 18.0 Å². The molecule has 114 valence electrons. The topological polar surface area (TPSA) is 78.9 Å². The molecule has 1 aliphatic heterocycles. The van der Waals surface area contributed by atoms with Crippen molar-refractivity contribution >= 4 is 17.7 Å². The summed E-state index contributed by atoms with van der Waals surface area (Å²) in [6, 6.07) is 6.86. The van der Waals surface area contributed by atoms with Gasteiger partial charge in [-0.2, -0.15) is 0 Å². The molecule has 1 saturated heterocycles. The third kappa shape index (κ3) is 3.45. The zero-order chi connectivity index (χ0) is 15.4. The lowest BCUT2D eigenvalue weighted by atomic mass is 9.92. The Morgan fingerprint density at radius 3 is 2.71 bits per heavy atom. The van der Waals surface area contributed by atoms with E-state index in [1.54, 1.807) is 24.1 Å². The molecule has 1 heterocycles. The van der Waals surface area contributed by atoms with Crippen molar-refractivity contribution in [3.05, 3.63) is 24.3 Å². The first-order valence-electron chi connectivity index (χ1n) is 6.96. The lowest BCUT2D eigenvalue weighted by Crippen LogP contribution is -2.47. The number of anilines is 1. The van der Waals surface area contributed by atoms with Gasteiger partial charge in [-0.05, 0) is 31.9 Å². The molecular weight excluding hydrogens is 272 g/mol. The predicted octanol–water partition coefficient (Wildman–Crippen LogP) is 2.41. The van der Waals surface area contributed by atoms with Gasteiger partial charge in [-0.15, -0.1) is 0 Å². The SMILES string of the molecule is COc1ccccc1NC(=O)N1CCC(C(=O)O)CC1C. The maximum atomic E-state index is 12.3. The maximum absolute atomic E-state index is 12.3. The number of piperidine rings is 1. The van der Waals surface area contributed by atoms with E-state index >= 15 is 0 Å². The summed E-state index contributed by atoms with van der Waals surface area (Å²) < 4.78 is 5.20. The fourth-order valence-corrected chi connectivity index (χ4v) is 2.63. The van der Waals surface area contributed by atoms with Crippen LogP contribution >= 0.6 is 0 Å². The molecule has 1 aliphatic rings. The van der Waals surface area contributed by atoms with Crippen LogP contribution in [0.3, 0.4) is 0 Å². The smallest absolute Gasteiger partial charge is 0.322 e. The van der Waals surface area contributed by atoms with E-state index in [4.69, 9.17) is 9.84 Å². The Balaban J connectivity index is 2.02. The van der Waals surface area contributed by atoms with Gasteiger partial charge in [-0.25, -0.2) is 4.79 Å². The number of para-hydroxylation sites is 2. The number of carbonyl (C=O) groups excluding carboxylic acids is 1. The van der Waals surface area contributed by atoms with Crippen molar-refractivity contribution in [2.75, 3.05) is 19.0 Å². The van der Waals surface area contributed by atoms with Crippen molar-refractivity contribution in [3.8, 4) is 5.75 Å². The summed E-state index contributed by atoms with van der Waals surface area (Å²) in [4.78, 5) is 25.0. The highest BCUT2D eigenvalue weighted by molar-refractivity contribution is 5.91. The summed E-state index contributed by atoms with van der Waals surface area (Å²) >= 11 is 0. The molecule has 21 heavy (non-hydrogen) atoms. The number of nitrogens with zero attached hydrogens (tertiary/aromatic N) is 1. The Bertz CT molecular complexity index is 532. The lowest BCUT2D eigenvalue weighted by Gasteiger charge is -2.36. The van der Waals surface area contributed by atoms with Crippen molar-refractivity contribution in [2.24, 2.45) is 5.92 Å². The van der Waals surface area contributed by atoms with Crippen LogP contribution in [0.1, 0.15) is 19.8 Å². The van der Waals surface area contributed by atoms with Crippen LogP contribution in [0.25, 0.3) is 0 Å². The van der Waals surface area contributed by atoms with Crippen molar-refractivity contribution < 1.29 is 19.4 Å². The standard InChI is InChI=1S/C15H20N2O4/c1-10-9-11(14(18)19)7-8-17(10)15(20)16-12-5-3-4-6-13(12)21-2/h3-6,10-11H,7-9H2,1-2H3,(H,16,20)(H,18,19). The second kappa shape index (κ2) is 6.47. The molecule has 0 bridgehead atoms. The molecule has 0 aromatic heterocycles. The van der Waals surface area contributed by atoms with Crippen molar-refractivity contribution in [1.29, 1.82) is 0 Å². The summed E-state index contributed by atoms with van der Waals surface area (Å²) in [6.07, 6.45) is 0.966. The number of carbonyl (C=O) groups is 2.